The largest absolute Gasteiger partial charge is 0.477 e. The maximum atomic E-state index is 14.7. The molecule has 2 heterocycles. The molecule has 25 heavy (non-hydrogen) atoms. The number of benzene rings is 1. The molecule has 3 N–H and O–H groups in total. The second-order valence-electron chi connectivity index (χ2n) is 7.60. The summed E-state index contributed by atoms with van der Waals surface area (Å²) in [6, 6.07) is 2.73. The Bertz CT molecular complexity index is 930. The number of carboxylic acids is 1. The molecule has 0 bridgehead atoms. The molecule has 134 valence electrons. The van der Waals surface area contributed by atoms with E-state index in [1.165, 1.54) is 6.20 Å². The van der Waals surface area contributed by atoms with Crippen molar-refractivity contribution >= 4 is 22.6 Å². The van der Waals surface area contributed by atoms with Gasteiger partial charge in [0.15, 0.2) is 0 Å². The van der Waals surface area contributed by atoms with Crippen LogP contribution in [0.2, 0.25) is 0 Å². The highest BCUT2D eigenvalue weighted by molar-refractivity contribution is 5.93. The van der Waals surface area contributed by atoms with E-state index in [4.69, 9.17) is 5.73 Å². The third-order valence-corrected chi connectivity index (χ3v) is 4.85. The van der Waals surface area contributed by atoms with Gasteiger partial charge in [0.05, 0.1) is 11.2 Å². The zero-order valence-corrected chi connectivity index (χ0v) is 14.7. The summed E-state index contributed by atoms with van der Waals surface area (Å²) in [4.78, 5) is 25.7. The SMILES string of the molecule is C[C@H]1[C@H](N)CN1c1cc2c(cc1F)c(=O)c(C(=O)O)cn2C(C)(C)C. The van der Waals surface area contributed by atoms with E-state index in [-0.39, 0.29) is 23.0 Å². The van der Waals surface area contributed by atoms with Crippen LogP contribution in [0.1, 0.15) is 38.1 Å². The number of anilines is 1. The molecule has 7 heteroatoms. The van der Waals surface area contributed by atoms with E-state index in [1.807, 2.05) is 32.6 Å². The summed E-state index contributed by atoms with van der Waals surface area (Å²) in [5.74, 6) is -1.87. The number of rotatable bonds is 2. The zero-order chi connectivity index (χ0) is 18.7. The highest BCUT2D eigenvalue weighted by atomic mass is 19.1. The van der Waals surface area contributed by atoms with Crippen LogP contribution in [-0.4, -0.2) is 34.3 Å². The van der Waals surface area contributed by atoms with Crippen LogP contribution >= 0.6 is 0 Å². The summed E-state index contributed by atoms with van der Waals surface area (Å²) < 4.78 is 16.4. The van der Waals surface area contributed by atoms with E-state index < -0.39 is 22.8 Å². The van der Waals surface area contributed by atoms with Crippen LogP contribution < -0.4 is 16.1 Å². The Labute approximate surface area is 144 Å². The number of pyridine rings is 1. The molecule has 1 saturated heterocycles. The maximum Gasteiger partial charge on any atom is 0.341 e. The summed E-state index contributed by atoms with van der Waals surface area (Å²) >= 11 is 0. The van der Waals surface area contributed by atoms with Crippen molar-refractivity contribution < 1.29 is 14.3 Å². The van der Waals surface area contributed by atoms with Crippen LogP contribution in [0.5, 0.6) is 0 Å². The summed E-state index contributed by atoms with van der Waals surface area (Å²) in [5.41, 5.74) is 5.26. The number of nitrogens with two attached hydrogens (primary N) is 1. The fourth-order valence-corrected chi connectivity index (χ4v) is 3.22. The molecule has 1 aliphatic rings. The van der Waals surface area contributed by atoms with Crippen LogP contribution in [0.25, 0.3) is 10.9 Å². The quantitative estimate of drug-likeness (QED) is 0.869. The van der Waals surface area contributed by atoms with Gasteiger partial charge in [0.1, 0.15) is 11.4 Å². The Balaban J connectivity index is 2.34. The third kappa shape index (κ3) is 2.68. The summed E-state index contributed by atoms with van der Waals surface area (Å²) in [5, 5.41) is 9.37. The first-order valence-electron chi connectivity index (χ1n) is 8.17. The van der Waals surface area contributed by atoms with Gasteiger partial charge in [-0.05, 0) is 39.8 Å². The van der Waals surface area contributed by atoms with Gasteiger partial charge >= 0.3 is 5.97 Å². The summed E-state index contributed by atoms with van der Waals surface area (Å²) in [7, 11) is 0. The van der Waals surface area contributed by atoms with Crippen LogP contribution in [0.4, 0.5) is 10.1 Å². The van der Waals surface area contributed by atoms with Gasteiger partial charge in [0, 0.05) is 35.8 Å². The first kappa shape index (κ1) is 17.4. The lowest BCUT2D eigenvalue weighted by Crippen LogP contribution is -2.63. The topological polar surface area (TPSA) is 88.6 Å². The minimum absolute atomic E-state index is 0.0000477. The Morgan fingerprint density at radius 3 is 2.48 bits per heavy atom. The third-order valence-electron chi connectivity index (χ3n) is 4.85. The molecule has 6 nitrogen and oxygen atoms in total. The molecule has 0 aliphatic carbocycles. The standard InChI is InChI=1S/C18H22FN3O3/c1-9-13(20)8-21(9)15-6-14-10(5-12(15)19)16(23)11(17(24)25)7-22(14)18(2,3)4/h5-7,9,13H,8,20H2,1-4H3,(H,24,25)/t9-,13+/m0/s1. The van der Waals surface area contributed by atoms with E-state index in [2.05, 4.69) is 0 Å². The summed E-state index contributed by atoms with van der Waals surface area (Å²) in [6.45, 7) is 8.15. The van der Waals surface area contributed by atoms with Gasteiger partial charge in [-0.1, -0.05) is 0 Å². The highest BCUT2D eigenvalue weighted by Crippen LogP contribution is 2.32. The first-order chi connectivity index (χ1) is 11.5. The fraction of sp³-hybridized carbons (Fsp3) is 0.444. The Hall–Kier alpha value is -2.41. The van der Waals surface area contributed by atoms with Crippen LogP contribution in [0.3, 0.4) is 0 Å². The normalized spacial score (nSPS) is 20.6. The molecule has 0 radical (unpaired) electrons. The van der Waals surface area contributed by atoms with Gasteiger partial charge in [0.2, 0.25) is 5.43 Å². The minimum Gasteiger partial charge on any atom is -0.477 e. The number of aromatic carboxylic acids is 1. The summed E-state index contributed by atoms with van der Waals surface area (Å²) in [6.07, 6.45) is 1.33. The zero-order valence-electron chi connectivity index (χ0n) is 14.7. The number of hydrogen-bond donors (Lipinski definition) is 2. The van der Waals surface area contributed by atoms with Gasteiger partial charge in [-0.2, -0.15) is 0 Å². The molecule has 0 spiro atoms. The molecule has 1 fully saturated rings. The lowest BCUT2D eigenvalue weighted by atomic mass is 9.97. The molecule has 1 aromatic carbocycles. The number of hydrogen-bond acceptors (Lipinski definition) is 4. The molecular formula is C18H22FN3O3. The van der Waals surface area contributed by atoms with Crippen molar-refractivity contribution in [3.05, 3.63) is 39.9 Å². The average Bonchev–Trinajstić information content (AvgIpc) is 2.51. The van der Waals surface area contributed by atoms with Gasteiger partial charge in [-0.25, -0.2) is 9.18 Å². The highest BCUT2D eigenvalue weighted by Gasteiger charge is 2.34. The lowest BCUT2D eigenvalue weighted by Gasteiger charge is -2.46. The van der Waals surface area contributed by atoms with Crippen molar-refractivity contribution in [2.24, 2.45) is 5.73 Å². The average molecular weight is 347 g/mol. The predicted octanol–water partition coefficient (Wildman–Crippen LogP) is 2.13. The van der Waals surface area contributed by atoms with Crippen molar-refractivity contribution in [3.8, 4) is 0 Å². The second kappa shape index (κ2) is 5.56. The van der Waals surface area contributed by atoms with Crippen LogP contribution in [-0.2, 0) is 5.54 Å². The maximum absolute atomic E-state index is 14.7. The van der Waals surface area contributed by atoms with Crippen molar-refractivity contribution in [2.45, 2.75) is 45.3 Å². The van der Waals surface area contributed by atoms with E-state index in [0.717, 1.165) is 6.07 Å². The Kier molecular flexibility index (Phi) is 3.87. The monoisotopic (exact) mass is 347 g/mol. The van der Waals surface area contributed by atoms with Crippen molar-refractivity contribution in [3.63, 3.8) is 0 Å². The number of carbonyl (C=O) groups is 1. The molecule has 1 aliphatic heterocycles. The fourth-order valence-electron chi connectivity index (χ4n) is 3.22. The molecule has 3 rings (SSSR count). The Morgan fingerprint density at radius 1 is 1.36 bits per heavy atom. The number of halogens is 1. The predicted molar refractivity (Wildman–Crippen MR) is 94.9 cm³/mol. The minimum atomic E-state index is -1.32. The van der Waals surface area contributed by atoms with Gasteiger partial charge in [0.25, 0.3) is 0 Å². The van der Waals surface area contributed by atoms with E-state index >= 15 is 0 Å². The molecule has 0 amide bonds. The Morgan fingerprint density at radius 2 is 2.00 bits per heavy atom. The lowest BCUT2D eigenvalue weighted by molar-refractivity contribution is 0.0694. The van der Waals surface area contributed by atoms with Gasteiger partial charge in [-0.15, -0.1) is 0 Å². The second-order valence-corrected chi connectivity index (χ2v) is 7.60. The van der Waals surface area contributed by atoms with Gasteiger partial charge < -0.3 is 20.3 Å². The molecule has 2 aromatic rings. The van der Waals surface area contributed by atoms with Crippen molar-refractivity contribution in [1.82, 2.24) is 4.57 Å². The van der Waals surface area contributed by atoms with Crippen LogP contribution in [0.15, 0.2) is 23.1 Å². The molecule has 0 saturated carbocycles. The number of fused-ring (bicyclic) bond motifs is 1. The molecular weight excluding hydrogens is 325 g/mol. The van der Waals surface area contributed by atoms with Crippen molar-refractivity contribution in [1.29, 1.82) is 0 Å². The first-order valence-corrected chi connectivity index (χ1v) is 8.17. The van der Waals surface area contributed by atoms with E-state index in [9.17, 15) is 19.1 Å². The van der Waals surface area contributed by atoms with E-state index in [0.29, 0.717) is 17.7 Å². The van der Waals surface area contributed by atoms with E-state index in [1.54, 1.807) is 10.6 Å². The van der Waals surface area contributed by atoms with Gasteiger partial charge in [-0.3, -0.25) is 4.79 Å². The molecule has 2 atom stereocenters. The molecule has 0 unspecified atom stereocenters. The smallest absolute Gasteiger partial charge is 0.341 e. The molecule has 1 aromatic heterocycles. The number of nitrogens with zero attached hydrogens (tertiary/aromatic N) is 2. The number of aromatic nitrogens is 1. The number of carboxylic acid groups (broad SMARTS) is 1. The van der Waals surface area contributed by atoms with Crippen LogP contribution in [0, 0.1) is 5.82 Å². The van der Waals surface area contributed by atoms with Crippen molar-refractivity contribution in [2.75, 3.05) is 11.4 Å².